The summed E-state index contributed by atoms with van der Waals surface area (Å²) in [5.74, 6) is 1.31. The SMILES string of the molecule is CCC(CC)C(O)C(CN)CC(C)C. The van der Waals surface area contributed by atoms with Crippen LogP contribution in [0.2, 0.25) is 0 Å². The normalized spacial score (nSPS) is 16.3. The minimum absolute atomic E-state index is 0.211. The molecule has 0 amide bonds. The molecule has 0 aliphatic rings. The molecule has 0 aliphatic heterocycles. The molecule has 0 aliphatic carbocycles. The van der Waals surface area contributed by atoms with Crippen LogP contribution in [0.25, 0.3) is 0 Å². The fourth-order valence-electron chi connectivity index (χ4n) is 2.14. The van der Waals surface area contributed by atoms with E-state index >= 15 is 0 Å². The van der Waals surface area contributed by atoms with Crippen molar-refractivity contribution >= 4 is 0 Å². The maximum absolute atomic E-state index is 10.1. The summed E-state index contributed by atoms with van der Waals surface area (Å²) >= 11 is 0. The van der Waals surface area contributed by atoms with Crippen LogP contribution in [0.1, 0.15) is 47.0 Å². The highest BCUT2D eigenvalue weighted by atomic mass is 16.3. The summed E-state index contributed by atoms with van der Waals surface area (Å²) in [4.78, 5) is 0. The Bertz CT molecular complexity index is 132. The summed E-state index contributed by atoms with van der Waals surface area (Å²) in [5.41, 5.74) is 5.71. The molecule has 0 saturated heterocycles. The van der Waals surface area contributed by atoms with Crippen LogP contribution >= 0.6 is 0 Å². The fraction of sp³-hybridized carbons (Fsp3) is 1.00. The molecule has 0 saturated carbocycles. The highest BCUT2D eigenvalue weighted by molar-refractivity contribution is 4.76. The van der Waals surface area contributed by atoms with E-state index < -0.39 is 0 Å². The molecule has 2 unspecified atom stereocenters. The fourth-order valence-corrected chi connectivity index (χ4v) is 2.14. The summed E-state index contributed by atoms with van der Waals surface area (Å²) in [6.45, 7) is 9.25. The van der Waals surface area contributed by atoms with E-state index in [9.17, 15) is 5.11 Å². The molecule has 2 atom stereocenters. The highest BCUT2D eigenvalue weighted by Crippen LogP contribution is 2.24. The largest absolute Gasteiger partial charge is 0.393 e. The first kappa shape index (κ1) is 13.9. The Kier molecular flexibility index (Phi) is 7.20. The van der Waals surface area contributed by atoms with E-state index in [-0.39, 0.29) is 12.0 Å². The average molecular weight is 201 g/mol. The Labute approximate surface area is 88.9 Å². The van der Waals surface area contributed by atoms with E-state index in [2.05, 4.69) is 27.7 Å². The molecular formula is C12H27NO. The Balaban J connectivity index is 4.20. The van der Waals surface area contributed by atoms with Crippen LogP contribution in [0.15, 0.2) is 0 Å². The highest BCUT2D eigenvalue weighted by Gasteiger charge is 2.24. The lowest BCUT2D eigenvalue weighted by atomic mass is 9.83. The molecule has 0 aromatic heterocycles. The van der Waals surface area contributed by atoms with Gasteiger partial charge in [-0.2, -0.15) is 0 Å². The smallest absolute Gasteiger partial charge is 0.0608 e. The molecule has 2 heteroatoms. The van der Waals surface area contributed by atoms with Crippen LogP contribution in [0, 0.1) is 17.8 Å². The predicted octanol–water partition coefficient (Wildman–Crippen LogP) is 2.40. The first-order chi connectivity index (χ1) is 6.56. The number of hydrogen-bond donors (Lipinski definition) is 2. The monoisotopic (exact) mass is 201 g/mol. The molecule has 2 nitrogen and oxygen atoms in total. The summed E-state index contributed by atoms with van der Waals surface area (Å²) in [6.07, 6.45) is 2.92. The summed E-state index contributed by atoms with van der Waals surface area (Å²) in [6, 6.07) is 0. The lowest BCUT2D eigenvalue weighted by Crippen LogP contribution is -2.34. The van der Waals surface area contributed by atoms with Crippen LogP contribution in [-0.4, -0.2) is 17.8 Å². The Hall–Kier alpha value is -0.0800. The van der Waals surface area contributed by atoms with Crippen molar-refractivity contribution in [1.82, 2.24) is 0 Å². The van der Waals surface area contributed by atoms with Gasteiger partial charge in [0.2, 0.25) is 0 Å². The molecule has 0 aromatic rings. The van der Waals surface area contributed by atoms with E-state index in [1.165, 1.54) is 0 Å². The Morgan fingerprint density at radius 1 is 1.07 bits per heavy atom. The van der Waals surface area contributed by atoms with E-state index in [1.54, 1.807) is 0 Å². The van der Waals surface area contributed by atoms with Crippen LogP contribution in [0.4, 0.5) is 0 Å². The molecule has 3 N–H and O–H groups in total. The first-order valence-electron chi connectivity index (χ1n) is 5.94. The van der Waals surface area contributed by atoms with Gasteiger partial charge in [-0.3, -0.25) is 0 Å². The van der Waals surface area contributed by atoms with Crippen molar-refractivity contribution in [3.8, 4) is 0 Å². The van der Waals surface area contributed by atoms with Crippen LogP contribution in [-0.2, 0) is 0 Å². The van der Waals surface area contributed by atoms with E-state index in [0.717, 1.165) is 19.3 Å². The van der Waals surface area contributed by atoms with Crippen molar-refractivity contribution in [2.24, 2.45) is 23.5 Å². The molecule has 14 heavy (non-hydrogen) atoms. The minimum atomic E-state index is -0.211. The zero-order valence-electron chi connectivity index (χ0n) is 10.2. The van der Waals surface area contributed by atoms with Gasteiger partial charge in [0.05, 0.1) is 6.10 Å². The van der Waals surface area contributed by atoms with Crippen molar-refractivity contribution in [1.29, 1.82) is 0 Å². The molecular weight excluding hydrogens is 174 g/mol. The van der Waals surface area contributed by atoms with E-state index in [0.29, 0.717) is 18.4 Å². The van der Waals surface area contributed by atoms with Crippen LogP contribution in [0.3, 0.4) is 0 Å². The Morgan fingerprint density at radius 2 is 1.57 bits per heavy atom. The lowest BCUT2D eigenvalue weighted by molar-refractivity contribution is 0.0409. The average Bonchev–Trinajstić information content (AvgIpc) is 2.15. The third kappa shape index (κ3) is 4.43. The van der Waals surface area contributed by atoms with Gasteiger partial charge in [0.15, 0.2) is 0 Å². The van der Waals surface area contributed by atoms with E-state index in [4.69, 9.17) is 5.73 Å². The van der Waals surface area contributed by atoms with Crippen molar-refractivity contribution in [3.05, 3.63) is 0 Å². The summed E-state index contributed by atoms with van der Waals surface area (Å²) < 4.78 is 0. The Morgan fingerprint density at radius 3 is 1.86 bits per heavy atom. The second-order valence-electron chi connectivity index (χ2n) is 4.69. The van der Waals surface area contributed by atoms with Crippen LogP contribution in [0.5, 0.6) is 0 Å². The van der Waals surface area contributed by atoms with Gasteiger partial charge in [-0.05, 0) is 30.7 Å². The molecule has 0 fully saturated rings. The summed E-state index contributed by atoms with van der Waals surface area (Å²) in [5, 5.41) is 10.1. The van der Waals surface area contributed by atoms with Gasteiger partial charge in [0, 0.05) is 0 Å². The summed E-state index contributed by atoms with van der Waals surface area (Å²) in [7, 11) is 0. The predicted molar refractivity (Wildman–Crippen MR) is 62.1 cm³/mol. The molecule has 0 radical (unpaired) electrons. The van der Waals surface area contributed by atoms with Gasteiger partial charge in [-0.1, -0.05) is 40.5 Å². The molecule has 86 valence electrons. The molecule has 0 heterocycles. The topological polar surface area (TPSA) is 46.2 Å². The second-order valence-corrected chi connectivity index (χ2v) is 4.69. The molecule has 0 aromatic carbocycles. The third-order valence-electron chi connectivity index (χ3n) is 3.09. The third-order valence-corrected chi connectivity index (χ3v) is 3.09. The van der Waals surface area contributed by atoms with E-state index in [1.807, 2.05) is 0 Å². The van der Waals surface area contributed by atoms with Gasteiger partial charge < -0.3 is 10.8 Å². The number of rotatable bonds is 7. The van der Waals surface area contributed by atoms with Crippen molar-refractivity contribution in [2.75, 3.05) is 6.54 Å². The van der Waals surface area contributed by atoms with Crippen molar-refractivity contribution in [3.63, 3.8) is 0 Å². The lowest BCUT2D eigenvalue weighted by Gasteiger charge is -2.29. The first-order valence-corrected chi connectivity index (χ1v) is 5.94. The number of nitrogens with two attached hydrogens (primary N) is 1. The van der Waals surface area contributed by atoms with Gasteiger partial charge in [0.1, 0.15) is 0 Å². The zero-order valence-corrected chi connectivity index (χ0v) is 10.2. The molecule has 0 spiro atoms. The standard InChI is InChI=1S/C12H27NO/c1-5-10(6-2)12(14)11(8-13)7-9(3)4/h9-12,14H,5-8,13H2,1-4H3. The number of hydrogen-bond acceptors (Lipinski definition) is 2. The number of aliphatic hydroxyl groups is 1. The van der Waals surface area contributed by atoms with Crippen LogP contribution < -0.4 is 5.73 Å². The second kappa shape index (κ2) is 7.24. The van der Waals surface area contributed by atoms with Crippen molar-refractivity contribution < 1.29 is 5.11 Å². The zero-order chi connectivity index (χ0) is 11.1. The number of aliphatic hydroxyl groups excluding tert-OH is 1. The van der Waals surface area contributed by atoms with Crippen molar-refractivity contribution in [2.45, 2.75) is 53.1 Å². The quantitative estimate of drug-likeness (QED) is 0.664. The van der Waals surface area contributed by atoms with Gasteiger partial charge in [0.25, 0.3) is 0 Å². The van der Waals surface area contributed by atoms with Gasteiger partial charge in [-0.15, -0.1) is 0 Å². The minimum Gasteiger partial charge on any atom is -0.393 e. The molecule has 0 bridgehead atoms. The van der Waals surface area contributed by atoms with Gasteiger partial charge >= 0.3 is 0 Å². The maximum atomic E-state index is 10.1. The van der Waals surface area contributed by atoms with Gasteiger partial charge in [-0.25, -0.2) is 0 Å². The maximum Gasteiger partial charge on any atom is 0.0608 e. The molecule has 0 rings (SSSR count).